The normalized spacial score (nSPS) is 58.5. The second-order valence-electron chi connectivity index (χ2n) is 14.7. The van der Waals surface area contributed by atoms with E-state index in [1.165, 1.54) is 63.4 Å². The number of hydrogen-bond donors (Lipinski definition) is 1. The molecule has 0 aromatic carbocycles. The van der Waals surface area contributed by atoms with E-state index in [2.05, 4.69) is 55.0 Å². The van der Waals surface area contributed by atoms with Gasteiger partial charge in [-0.1, -0.05) is 60.6 Å². The van der Waals surface area contributed by atoms with Gasteiger partial charge in [-0.25, -0.2) is 0 Å². The first kappa shape index (κ1) is 22.5. The summed E-state index contributed by atoms with van der Waals surface area (Å²) in [5.74, 6) is 3.88. The van der Waals surface area contributed by atoms with Crippen LogP contribution in [0.1, 0.15) is 113 Å². The van der Waals surface area contributed by atoms with Crippen LogP contribution in [0.25, 0.3) is 0 Å². The van der Waals surface area contributed by atoms with Crippen LogP contribution in [0.2, 0.25) is 0 Å². The third kappa shape index (κ3) is 2.65. The molecular weight excluding hydrogens is 376 g/mol. The zero-order chi connectivity index (χ0) is 22.6. The van der Waals surface area contributed by atoms with Crippen LogP contribution in [0.5, 0.6) is 0 Å². The minimum atomic E-state index is -0.119. The van der Waals surface area contributed by atoms with Crippen molar-refractivity contribution in [3.8, 4) is 0 Å². The van der Waals surface area contributed by atoms with Crippen LogP contribution in [0, 0.1) is 56.7 Å². The SMILES string of the molecule is C=C1CC[C@]2(C)CC[C@]3(C)C(CC[C@@H]4[C@@]5(C)CC[C@H](O)C(C)(C)[C@@H]5CC[C@]43C)[C@@H]2[C@@H]1C. The molecule has 31 heavy (non-hydrogen) atoms. The minimum absolute atomic E-state index is 0.0623. The van der Waals surface area contributed by atoms with Gasteiger partial charge in [-0.2, -0.15) is 0 Å². The van der Waals surface area contributed by atoms with Gasteiger partial charge in [0, 0.05) is 0 Å². The third-order valence-corrected chi connectivity index (χ3v) is 13.6. The number of hydrogen-bond acceptors (Lipinski definition) is 1. The lowest BCUT2D eigenvalue weighted by atomic mass is 9.31. The summed E-state index contributed by atoms with van der Waals surface area (Å²) in [6.45, 7) is 22.6. The van der Waals surface area contributed by atoms with Gasteiger partial charge < -0.3 is 5.11 Å². The van der Waals surface area contributed by atoms with E-state index in [-0.39, 0.29) is 11.5 Å². The molecule has 0 heterocycles. The summed E-state index contributed by atoms with van der Waals surface area (Å²) in [4.78, 5) is 0. The maximum absolute atomic E-state index is 10.9. The second-order valence-corrected chi connectivity index (χ2v) is 14.7. The van der Waals surface area contributed by atoms with E-state index in [1.807, 2.05) is 0 Å². The van der Waals surface area contributed by atoms with Crippen LogP contribution >= 0.6 is 0 Å². The molecule has 5 saturated carbocycles. The van der Waals surface area contributed by atoms with Crippen molar-refractivity contribution < 1.29 is 5.11 Å². The van der Waals surface area contributed by atoms with E-state index in [0.29, 0.717) is 33.5 Å². The van der Waals surface area contributed by atoms with E-state index in [4.69, 9.17) is 0 Å². The summed E-state index contributed by atoms with van der Waals surface area (Å²) in [6.07, 6.45) is 13.2. The van der Waals surface area contributed by atoms with Gasteiger partial charge in [0.05, 0.1) is 6.10 Å². The minimum Gasteiger partial charge on any atom is -0.393 e. The van der Waals surface area contributed by atoms with Crippen molar-refractivity contribution in [2.75, 3.05) is 0 Å². The van der Waals surface area contributed by atoms with Gasteiger partial charge in [0.15, 0.2) is 0 Å². The first-order valence-corrected chi connectivity index (χ1v) is 13.7. The van der Waals surface area contributed by atoms with Crippen molar-refractivity contribution in [3.63, 3.8) is 0 Å². The zero-order valence-electron chi connectivity index (χ0n) is 21.7. The molecule has 0 radical (unpaired) electrons. The summed E-state index contributed by atoms with van der Waals surface area (Å²) in [7, 11) is 0. The maximum Gasteiger partial charge on any atom is 0.0594 e. The van der Waals surface area contributed by atoms with E-state index in [0.717, 1.165) is 24.2 Å². The molecule has 0 aliphatic heterocycles. The molecule has 1 N–H and O–H groups in total. The van der Waals surface area contributed by atoms with Gasteiger partial charge in [-0.15, -0.1) is 0 Å². The summed E-state index contributed by atoms with van der Waals surface area (Å²) in [5, 5.41) is 10.9. The highest BCUT2D eigenvalue weighted by Gasteiger charge is 2.69. The van der Waals surface area contributed by atoms with Crippen LogP contribution in [0.3, 0.4) is 0 Å². The molecular formula is C30H50O. The Balaban J connectivity index is 1.54. The first-order chi connectivity index (χ1) is 14.3. The summed E-state index contributed by atoms with van der Waals surface area (Å²) in [5.41, 5.74) is 3.43. The fraction of sp³-hybridized carbons (Fsp3) is 0.933. The molecule has 0 aromatic rings. The van der Waals surface area contributed by atoms with Gasteiger partial charge in [0.2, 0.25) is 0 Å². The molecule has 176 valence electrons. The second kappa shape index (κ2) is 6.64. The lowest BCUT2D eigenvalue weighted by Gasteiger charge is -2.73. The fourth-order valence-electron chi connectivity index (χ4n) is 11.4. The highest BCUT2D eigenvalue weighted by Crippen LogP contribution is 2.76. The molecule has 1 unspecified atom stereocenters. The number of rotatable bonds is 0. The van der Waals surface area contributed by atoms with Crippen LogP contribution < -0.4 is 0 Å². The van der Waals surface area contributed by atoms with E-state index >= 15 is 0 Å². The Morgan fingerprint density at radius 2 is 1.48 bits per heavy atom. The van der Waals surface area contributed by atoms with E-state index in [1.54, 1.807) is 0 Å². The van der Waals surface area contributed by atoms with E-state index < -0.39 is 0 Å². The highest BCUT2D eigenvalue weighted by atomic mass is 16.3. The van der Waals surface area contributed by atoms with Gasteiger partial charge in [-0.05, 0) is 121 Å². The highest BCUT2D eigenvalue weighted by molar-refractivity contribution is 5.21. The molecule has 0 saturated heterocycles. The number of allylic oxidation sites excluding steroid dienone is 1. The average Bonchev–Trinajstić information content (AvgIpc) is 2.69. The quantitative estimate of drug-likeness (QED) is 0.389. The first-order valence-electron chi connectivity index (χ1n) is 13.7. The third-order valence-electron chi connectivity index (χ3n) is 13.6. The lowest BCUT2D eigenvalue weighted by molar-refractivity contribution is -0.251. The molecule has 1 heteroatoms. The Hall–Kier alpha value is -0.300. The van der Waals surface area contributed by atoms with Gasteiger partial charge in [0.25, 0.3) is 0 Å². The molecule has 10 atom stereocenters. The van der Waals surface area contributed by atoms with Gasteiger partial charge >= 0.3 is 0 Å². The standard InChI is InChI=1S/C30H50O/c1-19-11-14-27(5)17-18-29(7)21(25(27)20(19)2)9-10-23-28(6)15-13-24(31)26(3,4)22(28)12-16-30(23,29)8/h20-25,31H,1,9-18H2,2-8H3/t20-,21?,22+,23-,24+,25+,27-,28+,29-,30-/m1/s1. The molecule has 0 aromatic heterocycles. The van der Waals surface area contributed by atoms with Crippen LogP contribution in [-0.4, -0.2) is 11.2 Å². The molecule has 1 nitrogen and oxygen atoms in total. The van der Waals surface area contributed by atoms with Crippen molar-refractivity contribution in [1.29, 1.82) is 0 Å². The molecule has 5 aliphatic rings. The molecule has 5 fully saturated rings. The van der Waals surface area contributed by atoms with Crippen LogP contribution in [0.15, 0.2) is 12.2 Å². The Kier molecular flexibility index (Phi) is 4.82. The largest absolute Gasteiger partial charge is 0.393 e. The van der Waals surface area contributed by atoms with Crippen molar-refractivity contribution >= 4 is 0 Å². The molecule has 5 rings (SSSR count). The Morgan fingerprint density at radius 3 is 2.19 bits per heavy atom. The molecule has 0 amide bonds. The number of aliphatic hydroxyl groups excluding tert-OH is 1. The van der Waals surface area contributed by atoms with Gasteiger partial charge in [0.1, 0.15) is 0 Å². The maximum atomic E-state index is 10.9. The number of fused-ring (bicyclic) bond motifs is 7. The van der Waals surface area contributed by atoms with Crippen molar-refractivity contribution in [2.45, 2.75) is 119 Å². The topological polar surface area (TPSA) is 20.2 Å². The van der Waals surface area contributed by atoms with Crippen LogP contribution in [-0.2, 0) is 0 Å². The van der Waals surface area contributed by atoms with Crippen molar-refractivity contribution in [3.05, 3.63) is 12.2 Å². The summed E-state index contributed by atoms with van der Waals surface area (Å²) in [6, 6.07) is 0. The average molecular weight is 427 g/mol. The van der Waals surface area contributed by atoms with Gasteiger partial charge in [-0.3, -0.25) is 0 Å². The number of aliphatic hydroxyl groups is 1. The Labute approximate surface area is 192 Å². The predicted octanol–water partition coefficient (Wildman–Crippen LogP) is 8.02. The Bertz CT molecular complexity index is 766. The summed E-state index contributed by atoms with van der Waals surface area (Å²) >= 11 is 0. The molecule has 0 bridgehead atoms. The fourth-order valence-corrected chi connectivity index (χ4v) is 11.4. The summed E-state index contributed by atoms with van der Waals surface area (Å²) < 4.78 is 0. The smallest absolute Gasteiger partial charge is 0.0594 e. The lowest BCUT2D eigenvalue weighted by Crippen LogP contribution is -2.67. The van der Waals surface area contributed by atoms with Crippen molar-refractivity contribution in [1.82, 2.24) is 0 Å². The molecule has 5 aliphatic carbocycles. The zero-order valence-corrected chi connectivity index (χ0v) is 21.7. The van der Waals surface area contributed by atoms with Crippen molar-refractivity contribution in [2.24, 2.45) is 56.7 Å². The monoisotopic (exact) mass is 426 g/mol. The van der Waals surface area contributed by atoms with Crippen LogP contribution in [0.4, 0.5) is 0 Å². The Morgan fingerprint density at radius 1 is 0.774 bits per heavy atom. The van der Waals surface area contributed by atoms with E-state index in [9.17, 15) is 5.11 Å². The molecule has 0 spiro atoms. The predicted molar refractivity (Wildman–Crippen MR) is 131 cm³/mol.